The summed E-state index contributed by atoms with van der Waals surface area (Å²) in [5.74, 6) is 1.07. The molecule has 0 radical (unpaired) electrons. The third kappa shape index (κ3) is 2.44. The number of nitrogens with zero attached hydrogens (tertiary/aromatic N) is 3. The highest BCUT2D eigenvalue weighted by atomic mass is 32.1. The minimum atomic E-state index is 0.393. The van der Waals surface area contributed by atoms with Gasteiger partial charge in [0, 0.05) is 11.3 Å². The van der Waals surface area contributed by atoms with Gasteiger partial charge in [-0.3, -0.25) is 0 Å². The Morgan fingerprint density at radius 2 is 2.21 bits per heavy atom. The lowest BCUT2D eigenvalue weighted by Gasteiger charge is -2.02. The van der Waals surface area contributed by atoms with Crippen molar-refractivity contribution >= 4 is 22.3 Å². The molecule has 3 rings (SSSR count). The van der Waals surface area contributed by atoms with Gasteiger partial charge in [0.2, 0.25) is 5.58 Å². The number of hydrogen-bond acceptors (Lipinski definition) is 6. The van der Waals surface area contributed by atoms with E-state index < -0.39 is 0 Å². The standard InChI is InChI=1S/C13H13N3O2S/c1-8(2)13-16-15-11(19-13)7-17-10-5-3-4-9-6-14-18-12(9)10/h3-6,8H,7H2,1-2H3. The third-order valence-corrected chi connectivity index (χ3v) is 3.87. The maximum absolute atomic E-state index is 5.73. The largest absolute Gasteiger partial charge is 0.482 e. The average molecular weight is 275 g/mol. The van der Waals surface area contributed by atoms with Gasteiger partial charge in [0.1, 0.15) is 11.6 Å². The molecule has 19 heavy (non-hydrogen) atoms. The SMILES string of the molecule is CC(C)c1nnc(COc2cccc3cnoc23)s1. The summed E-state index contributed by atoms with van der Waals surface area (Å²) in [4.78, 5) is 0. The Hall–Kier alpha value is -1.95. The molecule has 5 nitrogen and oxygen atoms in total. The van der Waals surface area contributed by atoms with Crippen molar-refractivity contribution < 1.29 is 9.26 Å². The van der Waals surface area contributed by atoms with Crippen LogP contribution in [0.15, 0.2) is 28.9 Å². The van der Waals surface area contributed by atoms with Crippen molar-refractivity contribution in [3.63, 3.8) is 0 Å². The second-order valence-corrected chi connectivity index (χ2v) is 5.57. The molecule has 0 saturated heterocycles. The Morgan fingerprint density at radius 3 is 3.00 bits per heavy atom. The van der Waals surface area contributed by atoms with Crippen LogP contribution >= 0.6 is 11.3 Å². The van der Waals surface area contributed by atoms with E-state index in [4.69, 9.17) is 9.26 Å². The molecule has 0 saturated carbocycles. The van der Waals surface area contributed by atoms with Crippen molar-refractivity contribution in [1.82, 2.24) is 15.4 Å². The van der Waals surface area contributed by atoms with Crippen molar-refractivity contribution in [3.8, 4) is 5.75 Å². The van der Waals surface area contributed by atoms with Crippen LogP contribution in [-0.2, 0) is 6.61 Å². The van der Waals surface area contributed by atoms with Crippen LogP contribution < -0.4 is 4.74 Å². The fraction of sp³-hybridized carbons (Fsp3) is 0.308. The van der Waals surface area contributed by atoms with E-state index in [9.17, 15) is 0 Å². The number of aromatic nitrogens is 3. The predicted molar refractivity (Wildman–Crippen MR) is 72.3 cm³/mol. The maximum atomic E-state index is 5.73. The smallest absolute Gasteiger partial charge is 0.208 e. The molecule has 0 aliphatic heterocycles. The fourth-order valence-corrected chi connectivity index (χ4v) is 2.44. The molecule has 0 spiro atoms. The zero-order valence-electron chi connectivity index (χ0n) is 10.7. The van der Waals surface area contributed by atoms with Crippen LogP contribution in [0.3, 0.4) is 0 Å². The fourth-order valence-electron chi connectivity index (χ4n) is 1.68. The highest BCUT2D eigenvalue weighted by Crippen LogP contribution is 2.26. The number of hydrogen-bond donors (Lipinski definition) is 0. The van der Waals surface area contributed by atoms with E-state index in [1.807, 2.05) is 18.2 Å². The predicted octanol–water partition coefficient (Wildman–Crippen LogP) is 3.38. The zero-order chi connectivity index (χ0) is 13.2. The molecule has 0 fully saturated rings. The minimum absolute atomic E-state index is 0.393. The lowest BCUT2D eigenvalue weighted by molar-refractivity contribution is 0.300. The summed E-state index contributed by atoms with van der Waals surface area (Å²) < 4.78 is 10.9. The number of benzene rings is 1. The van der Waals surface area contributed by atoms with E-state index >= 15 is 0 Å². The van der Waals surface area contributed by atoms with E-state index in [1.165, 1.54) is 0 Å². The Bertz CT molecular complexity index is 690. The molecule has 0 aliphatic carbocycles. The van der Waals surface area contributed by atoms with Gasteiger partial charge in [-0.25, -0.2) is 0 Å². The first kappa shape index (κ1) is 12.1. The van der Waals surface area contributed by atoms with Crippen LogP contribution in [-0.4, -0.2) is 15.4 Å². The average Bonchev–Trinajstić information content (AvgIpc) is 3.05. The highest BCUT2D eigenvalue weighted by molar-refractivity contribution is 7.11. The Kier molecular flexibility index (Phi) is 3.16. The summed E-state index contributed by atoms with van der Waals surface area (Å²) >= 11 is 1.57. The van der Waals surface area contributed by atoms with Gasteiger partial charge in [-0.2, -0.15) is 0 Å². The molecule has 0 amide bonds. The first-order valence-electron chi connectivity index (χ1n) is 6.02. The minimum Gasteiger partial charge on any atom is -0.482 e. The number of para-hydroxylation sites is 1. The molecule has 0 atom stereocenters. The van der Waals surface area contributed by atoms with Crippen molar-refractivity contribution in [3.05, 3.63) is 34.4 Å². The molecule has 6 heteroatoms. The maximum Gasteiger partial charge on any atom is 0.208 e. The van der Waals surface area contributed by atoms with Gasteiger partial charge in [-0.05, 0) is 12.1 Å². The summed E-state index contributed by atoms with van der Waals surface area (Å²) in [6.45, 7) is 4.59. The number of fused-ring (bicyclic) bond motifs is 1. The van der Waals surface area contributed by atoms with Gasteiger partial charge in [0.15, 0.2) is 10.8 Å². The van der Waals surface area contributed by atoms with E-state index in [-0.39, 0.29) is 0 Å². The monoisotopic (exact) mass is 275 g/mol. The summed E-state index contributed by atoms with van der Waals surface area (Å²) in [7, 11) is 0. The molecule has 0 N–H and O–H groups in total. The third-order valence-electron chi connectivity index (χ3n) is 2.67. The molecule has 2 aromatic heterocycles. The van der Waals surface area contributed by atoms with Crippen LogP contribution in [0.2, 0.25) is 0 Å². The summed E-state index contributed by atoms with van der Waals surface area (Å²) in [5.41, 5.74) is 0.663. The lowest BCUT2D eigenvalue weighted by Crippen LogP contribution is -1.94. The molecule has 98 valence electrons. The zero-order valence-corrected chi connectivity index (χ0v) is 11.5. The van der Waals surface area contributed by atoms with Gasteiger partial charge in [-0.1, -0.05) is 36.4 Å². The van der Waals surface area contributed by atoms with Crippen LogP contribution in [0.1, 0.15) is 29.8 Å². The van der Waals surface area contributed by atoms with Crippen LogP contribution in [0, 0.1) is 0 Å². The van der Waals surface area contributed by atoms with Gasteiger partial charge in [0.25, 0.3) is 0 Å². The van der Waals surface area contributed by atoms with Crippen LogP contribution in [0.4, 0.5) is 0 Å². The number of ether oxygens (including phenoxy) is 1. The molecular weight excluding hydrogens is 262 g/mol. The summed E-state index contributed by atoms with van der Waals surface area (Å²) in [6, 6.07) is 5.70. The Labute approximate surface area is 114 Å². The van der Waals surface area contributed by atoms with Gasteiger partial charge >= 0.3 is 0 Å². The van der Waals surface area contributed by atoms with Crippen LogP contribution in [0.5, 0.6) is 5.75 Å². The molecule has 0 aliphatic rings. The Morgan fingerprint density at radius 1 is 1.32 bits per heavy atom. The topological polar surface area (TPSA) is 61.0 Å². The first-order valence-corrected chi connectivity index (χ1v) is 6.84. The molecule has 0 unspecified atom stereocenters. The van der Waals surface area contributed by atoms with Crippen molar-refractivity contribution in [2.24, 2.45) is 0 Å². The van der Waals surface area contributed by atoms with E-state index in [0.29, 0.717) is 23.9 Å². The van der Waals surface area contributed by atoms with Gasteiger partial charge < -0.3 is 9.26 Å². The normalized spacial score (nSPS) is 11.3. The van der Waals surface area contributed by atoms with E-state index in [2.05, 4.69) is 29.2 Å². The van der Waals surface area contributed by atoms with E-state index in [0.717, 1.165) is 15.4 Å². The molecule has 0 bridgehead atoms. The van der Waals surface area contributed by atoms with Crippen molar-refractivity contribution in [2.75, 3.05) is 0 Å². The molecule has 1 aromatic carbocycles. The van der Waals surface area contributed by atoms with Crippen LogP contribution in [0.25, 0.3) is 11.0 Å². The molecule has 2 heterocycles. The van der Waals surface area contributed by atoms with Gasteiger partial charge in [0.05, 0.1) is 6.20 Å². The summed E-state index contributed by atoms with van der Waals surface area (Å²) in [6.07, 6.45) is 1.67. The van der Waals surface area contributed by atoms with Gasteiger partial charge in [-0.15, -0.1) is 10.2 Å². The molecular formula is C13H13N3O2S. The highest BCUT2D eigenvalue weighted by Gasteiger charge is 2.10. The lowest BCUT2D eigenvalue weighted by atomic mass is 10.2. The quantitative estimate of drug-likeness (QED) is 0.730. The van der Waals surface area contributed by atoms with E-state index in [1.54, 1.807) is 17.5 Å². The molecule has 3 aromatic rings. The first-order chi connectivity index (χ1) is 9.24. The second-order valence-electron chi connectivity index (χ2n) is 4.48. The number of rotatable bonds is 4. The second kappa shape index (κ2) is 4.97. The van der Waals surface area contributed by atoms with Crippen molar-refractivity contribution in [2.45, 2.75) is 26.4 Å². The Balaban J connectivity index is 1.76. The van der Waals surface area contributed by atoms with Crippen molar-refractivity contribution in [1.29, 1.82) is 0 Å². The summed E-state index contributed by atoms with van der Waals surface area (Å²) in [5, 5.41) is 14.8.